The number of hydrogen-bond donors (Lipinski definition) is 1. The lowest BCUT2D eigenvalue weighted by Gasteiger charge is -2.39. The molecule has 148 valence electrons. The maximum absolute atomic E-state index is 13.3. The van der Waals surface area contributed by atoms with Crippen LogP contribution < -0.4 is 15.0 Å². The van der Waals surface area contributed by atoms with Crippen LogP contribution >= 0.6 is 0 Å². The second kappa shape index (κ2) is 6.92. The molecule has 2 heterocycles. The fourth-order valence-electron chi connectivity index (χ4n) is 3.52. The molecule has 0 aliphatic carbocycles. The summed E-state index contributed by atoms with van der Waals surface area (Å²) in [5.74, 6) is -0.220. The molecule has 0 amide bonds. The monoisotopic (exact) mass is 392 g/mol. The third kappa shape index (κ3) is 3.34. The van der Waals surface area contributed by atoms with Gasteiger partial charge in [0, 0.05) is 30.9 Å². The van der Waals surface area contributed by atoms with Crippen LogP contribution in [0.4, 0.5) is 24.5 Å². The first kappa shape index (κ1) is 18.5. The summed E-state index contributed by atoms with van der Waals surface area (Å²) in [6, 6.07) is 9.46. The van der Waals surface area contributed by atoms with E-state index in [0.717, 1.165) is 17.8 Å². The molecule has 0 saturated carbocycles. The van der Waals surface area contributed by atoms with E-state index in [0.29, 0.717) is 43.1 Å². The number of nitrogens with one attached hydrogen (secondary N) is 1. The van der Waals surface area contributed by atoms with Crippen LogP contribution in [-0.2, 0) is 15.7 Å². The number of hydrogen-bond acceptors (Lipinski definition) is 5. The molecule has 0 radical (unpaired) electrons. The summed E-state index contributed by atoms with van der Waals surface area (Å²) in [6.45, 7) is 1.89. The van der Waals surface area contributed by atoms with Gasteiger partial charge in [-0.3, -0.25) is 4.79 Å². The summed E-state index contributed by atoms with van der Waals surface area (Å²) in [4.78, 5) is 13.6. The van der Waals surface area contributed by atoms with Gasteiger partial charge < -0.3 is 19.7 Å². The second-order valence-electron chi connectivity index (χ2n) is 6.85. The fraction of sp³-hybridized carbons (Fsp3) is 0.350. The molecule has 4 rings (SSSR count). The van der Waals surface area contributed by atoms with Gasteiger partial charge in [0.15, 0.2) is 0 Å². The standard InChI is InChI=1S/C20H19F3N2O3/c1-27-19(26)13-10-25(11-13)15-4-2-3-12(7-15)16-8-14(20(21,22)23)9-17-18(16)24-5-6-28-17/h2-4,7-9,13,24H,5-6,10-11H2,1H3. The van der Waals surface area contributed by atoms with E-state index in [1.165, 1.54) is 7.11 Å². The molecule has 0 atom stereocenters. The van der Waals surface area contributed by atoms with Gasteiger partial charge in [-0.2, -0.15) is 13.2 Å². The van der Waals surface area contributed by atoms with Crippen LogP contribution in [0.2, 0.25) is 0 Å². The molecule has 2 aromatic rings. The van der Waals surface area contributed by atoms with E-state index in [4.69, 9.17) is 9.47 Å². The zero-order valence-corrected chi connectivity index (χ0v) is 15.2. The summed E-state index contributed by atoms with van der Waals surface area (Å²) < 4.78 is 50.3. The van der Waals surface area contributed by atoms with E-state index in [1.54, 1.807) is 12.1 Å². The summed E-state index contributed by atoms with van der Waals surface area (Å²) in [6.07, 6.45) is -4.46. The number of rotatable bonds is 3. The quantitative estimate of drug-likeness (QED) is 0.806. The Labute approximate surface area is 160 Å². The molecule has 0 bridgehead atoms. The smallest absolute Gasteiger partial charge is 0.416 e. The zero-order chi connectivity index (χ0) is 19.9. The summed E-state index contributed by atoms with van der Waals surface area (Å²) >= 11 is 0. The van der Waals surface area contributed by atoms with Crippen molar-refractivity contribution in [3.63, 3.8) is 0 Å². The van der Waals surface area contributed by atoms with Crippen molar-refractivity contribution in [2.75, 3.05) is 43.6 Å². The van der Waals surface area contributed by atoms with Gasteiger partial charge in [-0.25, -0.2) is 0 Å². The van der Waals surface area contributed by atoms with Crippen molar-refractivity contribution in [1.82, 2.24) is 0 Å². The second-order valence-corrected chi connectivity index (χ2v) is 6.85. The Morgan fingerprint density at radius 1 is 1.25 bits per heavy atom. The lowest BCUT2D eigenvalue weighted by atomic mass is 9.96. The lowest BCUT2D eigenvalue weighted by molar-refractivity contribution is -0.146. The summed E-state index contributed by atoms with van der Waals surface area (Å²) in [7, 11) is 1.36. The minimum atomic E-state index is -4.46. The van der Waals surface area contributed by atoms with Crippen LogP contribution in [0.5, 0.6) is 5.75 Å². The SMILES string of the molecule is COC(=O)C1CN(c2cccc(-c3cc(C(F)(F)F)cc4c3NCCO4)c2)C1. The molecule has 0 unspecified atom stereocenters. The fourth-order valence-corrected chi connectivity index (χ4v) is 3.52. The van der Waals surface area contributed by atoms with Gasteiger partial charge in [-0.1, -0.05) is 12.1 Å². The number of ether oxygens (including phenoxy) is 2. The van der Waals surface area contributed by atoms with Gasteiger partial charge in [-0.15, -0.1) is 0 Å². The molecule has 28 heavy (non-hydrogen) atoms. The minimum Gasteiger partial charge on any atom is -0.490 e. The number of alkyl halides is 3. The van der Waals surface area contributed by atoms with E-state index in [2.05, 4.69) is 5.32 Å². The van der Waals surface area contributed by atoms with E-state index in [9.17, 15) is 18.0 Å². The Bertz CT molecular complexity index is 908. The Hall–Kier alpha value is -2.90. The van der Waals surface area contributed by atoms with Crippen LogP contribution in [0.25, 0.3) is 11.1 Å². The molecule has 2 aliphatic rings. The molecule has 5 nitrogen and oxygen atoms in total. The number of carbonyl (C=O) groups excluding carboxylic acids is 1. The molecule has 1 saturated heterocycles. The number of anilines is 2. The van der Waals surface area contributed by atoms with Crippen LogP contribution in [0.1, 0.15) is 5.56 Å². The molecule has 0 aromatic heterocycles. The van der Waals surface area contributed by atoms with Crippen molar-refractivity contribution in [1.29, 1.82) is 0 Å². The molecule has 1 fully saturated rings. The van der Waals surface area contributed by atoms with Crippen molar-refractivity contribution >= 4 is 17.3 Å². The first-order valence-electron chi connectivity index (χ1n) is 8.92. The highest BCUT2D eigenvalue weighted by Crippen LogP contribution is 2.44. The number of halogens is 3. The zero-order valence-electron chi connectivity index (χ0n) is 15.2. The van der Waals surface area contributed by atoms with Crippen LogP contribution in [0.3, 0.4) is 0 Å². The van der Waals surface area contributed by atoms with Crippen LogP contribution in [-0.4, -0.2) is 39.3 Å². The van der Waals surface area contributed by atoms with Crippen LogP contribution in [0.15, 0.2) is 36.4 Å². The normalized spacial score (nSPS) is 16.5. The van der Waals surface area contributed by atoms with E-state index < -0.39 is 11.7 Å². The third-order valence-electron chi connectivity index (χ3n) is 5.03. The van der Waals surface area contributed by atoms with Gasteiger partial charge in [0.25, 0.3) is 0 Å². The maximum Gasteiger partial charge on any atom is 0.416 e. The Balaban J connectivity index is 1.69. The Kier molecular flexibility index (Phi) is 4.56. The first-order chi connectivity index (χ1) is 13.4. The number of fused-ring (bicyclic) bond motifs is 1. The maximum atomic E-state index is 13.3. The van der Waals surface area contributed by atoms with E-state index >= 15 is 0 Å². The van der Waals surface area contributed by atoms with Gasteiger partial charge >= 0.3 is 12.1 Å². The largest absolute Gasteiger partial charge is 0.490 e. The van der Waals surface area contributed by atoms with Gasteiger partial charge in [0.1, 0.15) is 12.4 Å². The third-order valence-corrected chi connectivity index (χ3v) is 5.03. The summed E-state index contributed by atoms with van der Waals surface area (Å²) in [5.41, 5.74) is 1.76. The van der Waals surface area contributed by atoms with Crippen molar-refractivity contribution in [3.8, 4) is 16.9 Å². The molecule has 1 N–H and O–H groups in total. The molecular formula is C20H19F3N2O3. The topological polar surface area (TPSA) is 50.8 Å². The van der Waals surface area contributed by atoms with E-state index in [-0.39, 0.29) is 17.6 Å². The average Bonchev–Trinajstić information content (AvgIpc) is 2.65. The predicted molar refractivity (Wildman–Crippen MR) is 98.6 cm³/mol. The molecule has 0 spiro atoms. The number of esters is 1. The van der Waals surface area contributed by atoms with Gasteiger partial charge in [0.2, 0.25) is 0 Å². The highest BCUT2D eigenvalue weighted by molar-refractivity contribution is 5.85. The molecule has 2 aliphatic heterocycles. The Morgan fingerprint density at radius 3 is 2.75 bits per heavy atom. The van der Waals surface area contributed by atoms with Crippen molar-refractivity contribution in [2.45, 2.75) is 6.18 Å². The lowest BCUT2D eigenvalue weighted by Crippen LogP contribution is -2.50. The van der Waals surface area contributed by atoms with Gasteiger partial charge in [0.05, 0.1) is 24.3 Å². The molecular weight excluding hydrogens is 373 g/mol. The summed E-state index contributed by atoms with van der Waals surface area (Å²) in [5, 5.41) is 3.15. The van der Waals surface area contributed by atoms with Crippen molar-refractivity contribution in [2.24, 2.45) is 5.92 Å². The average molecular weight is 392 g/mol. The Morgan fingerprint density at radius 2 is 2.04 bits per heavy atom. The molecule has 2 aromatic carbocycles. The highest BCUT2D eigenvalue weighted by atomic mass is 19.4. The highest BCUT2D eigenvalue weighted by Gasteiger charge is 2.35. The molecule has 8 heteroatoms. The number of carbonyl (C=O) groups is 1. The number of nitrogens with zero attached hydrogens (tertiary/aromatic N) is 1. The number of benzene rings is 2. The van der Waals surface area contributed by atoms with Gasteiger partial charge in [-0.05, 0) is 29.8 Å². The van der Waals surface area contributed by atoms with Crippen molar-refractivity contribution < 1.29 is 27.4 Å². The minimum absolute atomic E-state index is 0.176. The number of methoxy groups -OCH3 is 1. The van der Waals surface area contributed by atoms with E-state index in [1.807, 2.05) is 17.0 Å². The van der Waals surface area contributed by atoms with Crippen molar-refractivity contribution in [3.05, 3.63) is 42.0 Å². The predicted octanol–water partition coefficient (Wildman–Crippen LogP) is 3.79. The van der Waals surface area contributed by atoms with Crippen LogP contribution in [0, 0.1) is 5.92 Å². The first-order valence-corrected chi connectivity index (χ1v) is 8.92.